The highest BCUT2D eigenvalue weighted by Crippen LogP contribution is 2.34. The van der Waals surface area contributed by atoms with Crippen LogP contribution in [0.1, 0.15) is 33.3 Å². The zero-order valence-electron chi connectivity index (χ0n) is 13.1. The molecule has 21 heavy (non-hydrogen) atoms. The van der Waals surface area contributed by atoms with Gasteiger partial charge in [-0.15, -0.1) is 0 Å². The minimum Gasteiger partial charge on any atom is -0.200 e. The Kier molecular flexibility index (Phi) is 4.23. The lowest BCUT2D eigenvalue weighted by atomic mass is 9.95. The lowest BCUT2D eigenvalue weighted by Gasteiger charge is -2.12. The summed E-state index contributed by atoms with van der Waals surface area (Å²) in [6.45, 7) is 10.2. The summed E-state index contributed by atoms with van der Waals surface area (Å²) in [5.41, 5.74) is 4.21. The molecule has 1 aliphatic rings. The van der Waals surface area contributed by atoms with Crippen molar-refractivity contribution < 1.29 is 8.42 Å². The molecule has 0 saturated carbocycles. The van der Waals surface area contributed by atoms with Crippen LogP contribution in [0.2, 0.25) is 0 Å². The third-order valence-corrected chi connectivity index (χ3v) is 5.68. The van der Waals surface area contributed by atoms with Crippen LogP contribution in [0.15, 0.2) is 45.4 Å². The smallest absolute Gasteiger partial charge is 0.200 e. The standard InChI is InChI=1S/C16H22N2O2S/c1-10-6-8-15(9-7-10)21(19,20)18-17-16-13(4)11(2)12(3)14(16)5/h6-9,11,13,18H,1-5H3/b17-16-. The largest absolute Gasteiger partial charge is 0.276 e. The van der Waals surface area contributed by atoms with E-state index in [2.05, 4.69) is 30.7 Å². The van der Waals surface area contributed by atoms with Crippen molar-refractivity contribution in [2.24, 2.45) is 16.9 Å². The summed E-state index contributed by atoms with van der Waals surface area (Å²) in [6, 6.07) is 6.73. The molecule has 2 atom stereocenters. The van der Waals surface area contributed by atoms with Gasteiger partial charge in [-0.05, 0) is 44.4 Å². The van der Waals surface area contributed by atoms with E-state index in [1.807, 2.05) is 13.8 Å². The quantitative estimate of drug-likeness (QED) is 0.871. The topological polar surface area (TPSA) is 58.5 Å². The van der Waals surface area contributed by atoms with E-state index in [4.69, 9.17) is 0 Å². The molecule has 114 valence electrons. The zero-order valence-corrected chi connectivity index (χ0v) is 14.0. The lowest BCUT2D eigenvalue weighted by Crippen LogP contribution is -2.22. The van der Waals surface area contributed by atoms with Crippen LogP contribution >= 0.6 is 0 Å². The van der Waals surface area contributed by atoms with Gasteiger partial charge in [-0.1, -0.05) is 37.1 Å². The van der Waals surface area contributed by atoms with E-state index < -0.39 is 10.0 Å². The molecule has 0 heterocycles. The van der Waals surface area contributed by atoms with Crippen LogP contribution in [0.25, 0.3) is 0 Å². The van der Waals surface area contributed by atoms with E-state index in [1.54, 1.807) is 24.3 Å². The Balaban J connectivity index is 2.26. The maximum atomic E-state index is 12.2. The van der Waals surface area contributed by atoms with Crippen LogP contribution in [0.4, 0.5) is 0 Å². The first kappa shape index (κ1) is 15.8. The van der Waals surface area contributed by atoms with Gasteiger partial charge in [0.05, 0.1) is 10.6 Å². The van der Waals surface area contributed by atoms with Gasteiger partial charge in [0.1, 0.15) is 0 Å². The number of benzene rings is 1. The number of sulfonamides is 1. The molecule has 0 aromatic heterocycles. The molecule has 0 aliphatic heterocycles. The Hall–Kier alpha value is -1.62. The molecule has 2 rings (SSSR count). The van der Waals surface area contributed by atoms with Crippen molar-refractivity contribution in [3.8, 4) is 0 Å². The van der Waals surface area contributed by atoms with Crippen molar-refractivity contribution in [3.63, 3.8) is 0 Å². The van der Waals surface area contributed by atoms with Gasteiger partial charge in [-0.25, -0.2) is 0 Å². The zero-order chi connectivity index (χ0) is 15.8. The first-order chi connectivity index (χ1) is 9.74. The van der Waals surface area contributed by atoms with Crippen molar-refractivity contribution in [3.05, 3.63) is 41.0 Å². The van der Waals surface area contributed by atoms with Gasteiger partial charge in [0.2, 0.25) is 0 Å². The second-order valence-electron chi connectivity index (χ2n) is 5.79. The number of rotatable bonds is 3. The predicted molar refractivity (Wildman–Crippen MR) is 85.6 cm³/mol. The fourth-order valence-corrected chi connectivity index (χ4v) is 3.38. The molecule has 1 aromatic carbocycles. The van der Waals surface area contributed by atoms with Gasteiger partial charge in [-0.3, -0.25) is 0 Å². The molecule has 0 radical (unpaired) electrons. The van der Waals surface area contributed by atoms with Crippen LogP contribution in [0.3, 0.4) is 0 Å². The minimum atomic E-state index is -3.61. The van der Waals surface area contributed by atoms with Gasteiger partial charge < -0.3 is 0 Å². The molecule has 0 bridgehead atoms. The Labute approximate surface area is 127 Å². The van der Waals surface area contributed by atoms with Gasteiger partial charge >= 0.3 is 0 Å². The Bertz CT molecular complexity index is 700. The van der Waals surface area contributed by atoms with E-state index >= 15 is 0 Å². The molecule has 2 unspecified atom stereocenters. The molecule has 4 nitrogen and oxygen atoms in total. The van der Waals surface area contributed by atoms with E-state index in [1.165, 1.54) is 5.57 Å². The summed E-state index contributed by atoms with van der Waals surface area (Å²) in [7, 11) is -3.61. The molecule has 0 spiro atoms. The molecule has 0 fully saturated rings. The fourth-order valence-electron chi connectivity index (χ4n) is 2.56. The van der Waals surface area contributed by atoms with Crippen molar-refractivity contribution in [2.45, 2.75) is 39.5 Å². The molecular weight excluding hydrogens is 284 g/mol. The van der Waals surface area contributed by atoms with Gasteiger partial charge in [0, 0.05) is 5.92 Å². The van der Waals surface area contributed by atoms with E-state index in [0.29, 0.717) is 5.92 Å². The third-order valence-electron chi connectivity index (χ3n) is 4.46. The number of nitrogens with zero attached hydrogens (tertiary/aromatic N) is 1. The van der Waals surface area contributed by atoms with Crippen molar-refractivity contribution in [2.75, 3.05) is 0 Å². The highest BCUT2D eigenvalue weighted by atomic mass is 32.2. The van der Waals surface area contributed by atoms with Gasteiger partial charge in [-0.2, -0.15) is 18.4 Å². The minimum absolute atomic E-state index is 0.228. The average molecular weight is 306 g/mol. The number of hydrogen-bond donors (Lipinski definition) is 1. The van der Waals surface area contributed by atoms with Crippen molar-refractivity contribution >= 4 is 15.7 Å². The normalized spacial score (nSPS) is 24.7. The second-order valence-corrected chi connectivity index (χ2v) is 7.45. The van der Waals surface area contributed by atoms with Crippen LogP contribution < -0.4 is 4.83 Å². The maximum Gasteiger partial charge on any atom is 0.276 e. The molecular formula is C16H22N2O2S. The Morgan fingerprint density at radius 2 is 1.57 bits per heavy atom. The summed E-state index contributed by atoms with van der Waals surface area (Å²) in [4.78, 5) is 2.60. The van der Waals surface area contributed by atoms with E-state index in [0.717, 1.165) is 16.8 Å². The molecule has 1 aliphatic carbocycles. The van der Waals surface area contributed by atoms with E-state index in [9.17, 15) is 8.42 Å². The first-order valence-electron chi connectivity index (χ1n) is 7.08. The maximum absolute atomic E-state index is 12.2. The summed E-state index contributed by atoms with van der Waals surface area (Å²) < 4.78 is 24.5. The second kappa shape index (κ2) is 5.64. The molecule has 0 amide bonds. The van der Waals surface area contributed by atoms with E-state index in [-0.39, 0.29) is 10.8 Å². The third kappa shape index (κ3) is 3.02. The molecule has 5 heteroatoms. The highest BCUT2D eigenvalue weighted by molar-refractivity contribution is 7.89. The summed E-state index contributed by atoms with van der Waals surface area (Å²) in [5, 5.41) is 4.18. The summed E-state index contributed by atoms with van der Waals surface area (Å²) in [5.74, 6) is 0.623. The predicted octanol–water partition coefficient (Wildman–Crippen LogP) is 3.25. The van der Waals surface area contributed by atoms with Crippen LogP contribution in [0, 0.1) is 18.8 Å². The summed E-state index contributed by atoms with van der Waals surface area (Å²) in [6.07, 6.45) is 0. The number of hydrogen-bond acceptors (Lipinski definition) is 3. The molecule has 1 N–H and O–H groups in total. The molecule has 1 aromatic rings. The summed E-state index contributed by atoms with van der Waals surface area (Å²) >= 11 is 0. The van der Waals surface area contributed by atoms with Gasteiger partial charge in [0.25, 0.3) is 10.0 Å². The lowest BCUT2D eigenvalue weighted by molar-refractivity contribution is 0.572. The van der Waals surface area contributed by atoms with Crippen LogP contribution in [-0.4, -0.2) is 14.1 Å². The fraction of sp³-hybridized carbons (Fsp3) is 0.438. The van der Waals surface area contributed by atoms with Crippen molar-refractivity contribution in [1.82, 2.24) is 4.83 Å². The number of allylic oxidation sites excluding steroid dienone is 2. The highest BCUT2D eigenvalue weighted by Gasteiger charge is 2.30. The van der Waals surface area contributed by atoms with Gasteiger partial charge in [0.15, 0.2) is 0 Å². The van der Waals surface area contributed by atoms with Crippen molar-refractivity contribution in [1.29, 1.82) is 0 Å². The average Bonchev–Trinajstić information content (AvgIpc) is 2.62. The SMILES string of the molecule is CC1=C(C)C(C)C(C)/C1=N/NS(=O)(=O)c1ccc(C)cc1. The Morgan fingerprint density at radius 3 is 2.05 bits per heavy atom. The van der Waals surface area contributed by atoms with Crippen LogP contribution in [-0.2, 0) is 10.0 Å². The monoisotopic (exact) mass is 306 g/mol. The number of hydrazone groups is 1. The molecule has 0 saturated heterocycles. The first-order valence-corrected chi connectivity index (χ1v) is 8.56. The number of aryl methyl sites for hydroxylation is 1. The van der Waals surface area contributed by atoms with Crippen LogP contribution in [0.5, 0.6) is 0 Å². The number of nitrogens with one attached hydrogen (secondary N) is 1. The Morgan fingerprint density at radius 1 is 1.00 bits per heavy atom.